The lowest BCUT2D eigenvalue weighted by atomic mass is 10.1. The summed E-state index contributed by atoms with van der Waals surface area (Å²) >= 11 is 5.90. The highest BCUT2D eigenvalue weighted by atomic mass is 35.5. The maximum atomic E-state index is 12.0. The predicted molar refractivity (Wildman–Crippen MR) is 76.2 cm³/mol. The van der Waals surface area contributed by atoms with Gasteiger partial charge in [-0.2, -0.15) is 0 Å². The fraction of sp³-hybridized carbons (Fsp3) is 0.417. The highest BCUT2D eigenvalue weighted by molar-refractivity contribution is 7.89. The van der Waals surface area contributed by atoms with Gasteiger partial charge in [-0.15, -0.1) is 0 Å². The van der Waals surface area contributed by atoms with E-state index in [1.165, 1.54) is 12.1 Å². The van der Waals surface area contributed by atoms with Crippen LogP contribution >= 0.6 is 11.6 Å². The Morgan fingerprint density at radius 2 is 2.15 bits per heavy atom. The highest BCUT2D eigenvalue weighted by Gasteiger charge is 2.16. The van der Waals surface area contributed by atoms with Gasteiger partial charge in [0.15, 0.2) is 0 Å². The number of ether oxygens (including phenoxy) is 1. The summed E-state index contributed by atoms with van der Waals surface area (Å²) in [5.41, 5.74) is 0.0720. The topological polar surface area (TPSA) is 98.5 Å². The zero-order valence-electron chi connectivity index (χ0n) is 11.2. The van der Waals surface area contributed by atoms with Gasteiger partial charge in [-0.1, -0.05) is 18.5 Å². The van der Waals surface area contributed by atoms with Crippen molar-refractivity contribution < 1.29 is 17.9 Å². The number of primary sulfonamides is 1. The molecule has 1 amide bonds. The number of halogens is 1. The van der Waals surface area contributed by atoms with E-state index in [-0.39, 0.29) is 21.4 Å². The molecule has 0 aromatic heterocycles. The van der Waals surface area contributed by atoms with E-state index in [9.17, 15) is 13.2 Å². The molecule has 1 rings (SSSR count). The van der Waals surface area contributed by atoms with Crippen LogP contribution in [0.15, 0.2) is 23.1 Å². The molecular weight excluding hydrogens is 304 g/mol. The summed E-state index contributed by atoms with van der Waals surface area (Å²) in [5, 5.41) is 7.84. The van der Waals surface area contributed by atoms with Crippen molar-refractivity contribution in [3.8, 4) is 0 Å². The lowest BCUT2D eigenvalue weighted by Crippen LogP contribution is -2.30. The fourth-order valence-electron chi connectivity index (χ4n) is 1.56. The van der Waals surface area contributed by atoms with Gasteiger partial charge in [-0.25, -0.2) is 13.6 Å². The SMILES string of the molecule is COCC(C)CNC(=O)c1cc(S(N)(=O)=O)ccc1Cl. The van der Waals surface area contributed by atoms with Crippen LogP contribution in [0.1, 0.15) is 17.3 Å². The molecule has 1 unspecified atom stereocenters. The quantitative estimate of drug-likeness (QED) is 0.816. The second-order valence-electron chi connectivity index (χ2n) is 4.46. The minimum Gasteiger partial charge on any atom is -0.384 e. The molecule has 6 nitrogen and oxygen atoms in total. The number of carbonyl (C=O) groups is 1. The second-order valence-corrected chi connectivity index (χ2v) is 6.43. The first-order chi connectivity index (χ1) is 9.25. The molecule has 1 atom stereocenters. The fourth-order valence-corrected chi connectivity index (χ4v) is 2.30. The van der Waals surface area contributed by atoms with Crippen LogP contribution in [0.2, 0.25) is 5.02 Å². The number of amides is 1. The van der Waals surface area contributed by atoms with E-state index >= 15 is 0 Å². The number of nitrogens with one attached hydrogen (secondary N) is 1. The van der Waals surface area contributed by atoms with Gasteiger partial charge in [-0.3, -0.25) is 4.79 Å². The molecular formula is C12H17ClN2O4S. The van der Waals surface area contributed by atoms with Crippen LogP contribution < -0.4 is 10.5 Å². The summed E-state index contributed by atoms with van der Waals surface area (Å²) < 4.78 is 27.5. The van der Waals surface area contributed by atoms with Gasteiger partial charge >= 0.3 is 0 Å². The van der Waals surface area contributed by atoms with Crippen molar-refractivity contribution in [1.82, 2.24) is 5.32 Å². The third kappa shape index (κ3) is 4.75. The second kappa shape index (κ2) is 7.03. The van der Waals surface area contributed by atoms with Crippen LogP contribution in [0.4, 0.5) is 0 Å². The van der Waals surface area contributed by atoms with E-state index < -0.39 is 15.9 Å². The molecule has 0 spiro atoms. The number of methoxy groups -OCH3 is 1. The van der Waals surface area contributed by atoms with Crippen molar-refractivity contribution in [3.63, 3.8) is 0 Å². The van der Waals surface area contributed by atoms with Gasteiger partial charge < -0.3 is 10.1 Å². The highest BCUT2D eigenvalue weighted by Crippen LogP contribution is 2.19. The van der Waals surface area contributed by atoms with Crippen LogP contribution in [0.3, 0.4) is 0 Å². The monoisotopic (exact) mass is 320 g/mol. The Morgan fingerprint density at radius 1 is 1.50 bits per heavy atom. The van der Waals surface area contributed by atoms with Gasteiger partial charge in [0, 0.05) is 13.7 Å². The lowest BCUT2D eigenvalue weighted by Gasteiger charge is -2.12. The Bertz CT molecular complexity index is 589. The maximum absolute atomic E-state index is 12.0. The molecule has 0 saturated carbocycles. The number of sulfonamides is 1. The number of rotatable bonds is 6. The zero-order chi connectivity index (χ0) is 15.3. The molecule has 0 aliphatic heterocycles. The van der Waals surface area contributed by atoms with Gasteiger partial charge in [0.1, 0.15) is 0 Å². The summed E-state index contributed by atoms with van der Waals surface area (Å²) in [7, 11) is -2.30. The molecule has 112 valence electrons. The molecule has 0 heterocycles. The molecule has 0 fully saturated rings. The molecule has 0 aliphatic carbocycles. The van der Waals surface area contributed by atoms with E-state index in [1.54, 1.807) is 7.11 Å². The van der Waals surface area contributed by atoms with Crippen LogP contribution in [0.5, 0.6) is 0 Å². The van der Waals surface area contributed by atoms with Crippen molar-refractivity contribution in [2.75, 3.05) is 20.3 Å². The minimum atomic E-state index is -3.87. The molecule has 1 aromatic carbocycles. The van der Waals surface area contributed by atoms with Gasteiger partial charge in [0.2, 0.25) is 10.0 Å². The first kappa shape index (κ1) is 16.9. The summed E-state index contributed by atoms with van der Waals surface area (Å²) in [5.74, 6) is -0.326. The predicted octanol–water partition coefficient (Wildman–Crippen LogP) is 1.000. The Kier molecular flexibility index (Phi) is 5.94. The summed E-state index contributed by atoms with van der Waals surface area (Å²) in [6.45, 7) is 2.81. The zero-order valence-corrected chi connectivity index (χ0v) is 12.8. The summed E-state index contributed by atoms with van der Waals surface area (Å²) in [6.07, 6.45) is 0. The lowest BCUT2D eigenvalue weighted by molar-refractivity contribution is 0.0934. The van der Waals surface area contributed by atoms with Crippen molar-refractivity contribution >= 4 is 27.5 Å². The number of carbonyl (C=O) groups excluding carboxylic acids is 1. The van der Waals surface area contributed by atoms with Crippen LogP contribution in [0.25, 0.3) is 0 Å². The van der Waals surface area contributed by atoms with E-state index in [0.717, 1.165) is 6.07 Å². The molecule has 1 aromatic rings. The minimum absolute atomic E-state index is 0.0720. The maximum Gasteiger partial charge on any atom is 0.252 e. The Hall–Kier alpha value is -1.15. The van der Waals surface area contributed by atoms with Crippen LogP contribution in [-0.2, 0) is 14.8 Å². The number of hydrogen-bond acceptors (Lipinski definition) is 4. The first-order valence-electron chi connectivity index (χ1n) is 5.85. The van der Waals surface area contributed by atoms with Gasteiger partial charge in [0.05, 0.1) is 22.1 Å². The van der Waals surface area contributed by atoms with Crippen molar-refractivity contribution in [2.24, 2.45) is 11.1 Å². The van der Waals surface area contributed by atoms with E-state index in [0.29, 0.717) is 13.2 Å². The first-order valence-corrected chi connectivity index (χ1v) is 7.77. The number of nitrogens with two attached hydrogens (primary N) is 1. The molecule has 0 bridgehead atoms. The smallest absolute Gasteiger partial charge is 0.252 e. The number of benzene rings is 1. The van der Waals surface area contributed by atoms with Crippen LogP contribution in [-0.4, -0.2) is 34.6 Å². The molecule has 8 heteroatoms. The average Bonchev–Trinajstić information content (AvgIpc) is 2.35. The standard InChI is InChI=1S/C12H17ClN2O4S/c1-8(7-19-2)6-15-12(16)10-5-9(20(14,17)18)3-4-11(10)13/h3-5,8H,6-7H2,1-2H3,(H,15,16)(H2,14,17,18). The number of hydrogen-bond donors (Lipinski definition) is 2. The largest absolute Gasteiger partial charge is 0.384 e. The average molecular weight is 321 g/mol. The molecule has 0 saturated heterocycles. The third-order valence-electron chi connectivity index (χ3n) is 2.57. The Morgan fingerprint density at radius 3 is 2.70 bits per heavy atom. The van der Waals surface area contributed by atoms with Crippen molar-refractivity contribution in [2.45, 2.75) is 11.8 Å². The third-order valence-corrected chi connectivity index (χ3v) is 3.81. The van der Waals surface area contributed by atoms with E-state index in [2.05, 4.69) is 5.32 Å². The Labute approximate surface area is 123 Å². The Balaban J connectivity index is 2.87. The van der Waals surface area contributed by atoms with Gasteiger partial charge in [-0.05, 0) is 24.1 Å². The van der Waals surface area contributed by atoms with Gasteiger partial charge in [0.25, 0.3) is 5.91 Å². The normalized spacial score (nSPS) is 13.0. The van der Waals surface area contributed by atoms with E-state index in [1.807, 2.05) is 6.92 Å². The van der Waals surface area contributed by atoms with Crippen LogP contribution in [0, 0.1) is 5.92 Å². The summed E-state index contributed by atoms with van der Waals surface area (Å²) in [4.78, 5) is 11.8. The van der Waals surface area contributed by atoms with Crippen molar-refractivity contribution in [1.29, 1.82) is 0 Å². The molecule has 0 radical (unpaired) electrons. The van der Waals surface area contributed by atoms with E-state index in [4.69, 9.17) is 21.5 Å². The molecule has 20 heavy (non-hydrogen) atoms. The molecule has 3 N–H and O–H groups in total. The van der Waals surface area contributed by atoms with Crippen molar-refractivity contribution in [3.05, 3.63) is 28.8 Å². The summed E-state index contributed by atoms with van der Waals surface area (Å²) in [6, 6.07) is 3.74. The molecule has 0 aliphatic rings.